The second kappa shape index (κ2) is 9.02. The van der Waals surface area contributed by atoms with E-state index in [0.717, 1.165) is 18.3 Å². The van der Waals surface area contributed by atoms with Crippen molar-refractivity contribution in [1.82, 2.24) is 5.32 Å². The van der Waals surface area contributed by atoms with Crippen LogP contribution in [0, 0.1) is 6.92 Å². The molecule has 6 nitrogen and oxygen atoms in total. The molecule has 0 aliphatic carbocycles. The number of ether oxygens (including phenoxy) is 2. The molecule has 26 heavy (non-hydrogen) atoms. The second-order valence-corrected chi connectivity index (χ2v) is 6.41. The molecule has 1 heterocycles. The first-order valence-corrected chi connectivity index (χ1v) is 8.67. The molecule has 1 aromatic rings. The average molecular weight is 395 g/mol. The van der Waals surface area contributed by atoms with E-state index in [1.165, 1.54) is 6.92 Å². The Morgan fingerprint density at radius 1 is 1.12 bits per heavy atom. The van der Waals surface area contributed by atoms with Gasteiger partial charge in [0, 0.05) is 4.88 Å². The van der Waals surface area contributed by atoms with Gasteiger partial charge in [0.2, 0.25) is 5.91 Å². The molecular weight excluding hydrogens is 375 g/mol. The summed E-state index contributed by atoms with van der Waals surface area (Å²) >= 11 is 0.834. The van der Waals surface area contributed by atoms with Crippen LogP contribution >= 0.6 is 11.3 Å². The van der Waals surface area contributed by atoms with Gasteiger partial charge in [-0.2, -0.15) is 13.2 Å². The molecule has 0 fully saturated rings. The maximum Gasteiger partial charge on any atom is 0.408 e. The Bertz CT molecular complexity index is 684. The van der Waals surface area contributed by atoms with Gasteiger partial charge in [-0.15, -0.1) is 11.3 Å². The summed E-state index contributed by atoms with van der Waals surface area (Å²) in [4.78, 5) is 36.4. The number of carbonyl (C=O) groups is 3. The lowest BCUT2D eigenvalue weighted by Crippen LogP contribution is -2.43. The molecule has 0 aliphatic rings. The fourth-order valence-electron chi connectivity index (χ4n) is 2.08. The molecule has 1 aromatic heterocycles. The summed E-state index contributed by atoms with van der Waals surface area (Å²) < 4.78 is 47.5. The maximum atomic E-state index is 12.6. The van der Waals surface area contributed by atoms with Crippen LogP contribution in [0.25, 0.3) is 0 Å². The van der Waals surface area contributed by atoms with Crippen molar-refractivity contribution in [1.29, 1.82) is 0 Å². The van der Waals surface area contributed by atoms with Gasteiger partial charge in [-0.25, -0.2) is 9.59 Å². The molecule has 0 radical (unpaired) electrons. The fourth-order valence-corrected chi connectivity index (χ4v) is 3.27. The summed E-state index contributed by atoms with van der Waals surface area (Å²) in [7, 11) is 0. The summed E-state index contributed by atoms with van der Waals surface area (Å²) in [6.07, 6.45) is -5.07. The number of alkyl halides is 3. The normalized spacial score (nSPS) is 12.4. The van der Waals surface area contributed by atoms with Gasteiger partial charge in [0.15, 0.2) is 0 Å². The standard InChI is InChI=1S/C16H20F3NO5S/c1-5-24-14(22)12-8(3)13(15(23)25-6-2)26-10(12)7-11(21)20-9(4)16(17,18)19/h9H,5-7H2,1-4H3,(H,20,21)/t9-/m1/s1. The van der Waals surface area contributed by atoms with Crippen molar-refractivity contribution in [3.05, 3.63) is 20.9 Å². The Kier molecular flexibility index (Phi) is 7.61. The third kappa shape index (κ3) is 5.45. The number of halogens is 3. The monoisotopic (exact) mass is 395 g/mol. The van der Waals surface area contributed by atoms with Crippen molar-refractivity contribution in [3.63, 3.8) is 0 Å². The van der Waals surface area contributed by atoms with Crippen molar-refractivity contribution < 1.29 is 37.0 Å². The van der Waals surface area contributed by atoms with E-state index in [4.69, 9.17) is 9.47 Å². The molecule has 146 valence electrons. The maximum absolute atomic E-state index is 12.6. The van der Waals surface area contributed by atoms with Crippen molar-refractivity contribution in [2.75, 3.05) is 13.2 Å². The molecule has 10 heteroatoms. The second-order valence-electron chi connectivity index (χ2n) is 5.30. The molecule has 0 saturated heterocycles. The Morgan fingerprint density at radius 3 is 2.15 bits per heavy atom. The molecule has 0 spiro atoms. The van der Waals surface area contributed by atoms with Crippen LogP contribution in [0.4, 0.5) is 13.2 Å². The van der Waals surface area contributed by atoms with Crippen molar-refractivity contribution in [3.8, 4) is 0 Å². The lowest BCUT2D eigenvalue weighted by atomic mass is 10.1. The summed E-state index contributed by atoms with van der Waals surface area (Å²) in [5, 5.41) is 1.82. The van der Waals surface area contributed by atoms with E-state index in [1.54, 1.807) is 13.8 Å². The fraction of sp³-hybridized carbons (Fsp3) is 0.562. The zero-order chi connectivity index (χ0) is 20.1. The molecular formula is C16H20F3NO5S. The van der Waals surface area contributed by atoms with E-state index in [-0.39, 0.29) is 34.1 Å². The van der Waals surface area contributed by atoms with Gasteiger partial charge in [-0.1, -0.05) is 0 Å². The van der Waals surface area contributed by atoms with Gasteiger partial charge >= 0.3 is 18.1 Å². The SMILES string of the molecule is CCOC(=O)c1sc(CC(=O)N[C@H](C)C(F)(F)F)c(C(=O)OCC)c1C. The molecule has 1 atom stereocenters. The van der Waals surface area contributed by atoms with Crippen LogP contribution in [0.3, 0.4) is 0 Å². The third-order valence-corrected chi connectivity index (χ3v) is 4.62. The highest BCUT2D eigenvalue weighted by Crippen LogP contribution is 2.30. The van der Waals surface area contributed by atoms with E-state index < -0.39 is 36.5 Å². The minimum Gasteiger partial charge on any atom is -0.462 e. The zero-order valence-corrected chi connectivity index (χ0v) is 15.6. The number of esters is 2. The number of carbonyl (C=O) groups excluding carboxylic acids is 3. The smallest absolute Gasteiger partial charge is 0.408 e. The van der Waals surface area contributed by atoms with Gasteiger partial charge in [-0.3, -0.25) is 4.79 Å². The van der Waals surface area contributed by atoms with Gasteiger partial charge in [0.25, 0.3) is 0 Å². The average Bonchev–Trinajstić information content (AvgIpc) is 2.83. The molecule has 1 amide bonds. The lowest BCUT2D eigenvalue weighted by Gasteiger charge is -2.17. The number of nitrogens with one attached hydrogen (secondary N) is 1. The summed E-state index contributed by atoms with van der Waals surface area (Å²) in [5.74, 6) is -2.34. The number of amides is 1. The van der Waals surface area contributed by atoms with Crippen molar-refractivity contribution in [2.24, 2.45) is 0 Å². The van der Waals surface area contributed by atoms with Gasteiger partial charge in [0.1, 0.15) is 10.9 Å². The van der Waals surface area contributed by atoms with Gasteiger partial charge in [-0.05, 0) is 33.3 Å². The Morgan fingerprint density at radius 2 is 1.65 bits per heavy atom. The van der Waals surface area contributed by atoms with E-state index in [9.17, 15) is 27.6 Å². The first kappa shape index (κ1) is 21.9. The molecule has 0 saturated carbocycles. The van der Waals surface area contributed by atoms with Crippen LogP contribution in [0.1, 0.15) is 51.2 Å². The number of hydrogen-bond donors (Lipinski definition) is 1. The van der Waals surface area contributed by atoms with E-state index >= 15 is 0 Å². The highest BCUT2D eigenvalue weighted by atomic mass is 32.1. The van der Waals surface area contributed by atoms with Crippen molar-refractivity contribution in [2.45, 2.75) is 46.3 Å². The highest BCUT2D eigenvalue weighted by molar-refractivity contribution is 7.14. The molecule has 0 aromatic carbocycles. The van der Waals surface area contributed by atoms with Gasteiger partial charge in [0.05, 0.1) is 25.2 Å². The highest BCUT2D eigenvalue weighted by Gasteiger charge is 2.37. The van der Waals surface area contributed by atoms with E-state index in [2.05, 4.69) is 0 Å². The summed E-state index contributed by atoms with van der Waals surface area (Å²) in [6, 6.07) is -2.04. The minimum absolute atomic E-state index is 0.00900. The largest absolute Gasteiger partial charge is 0.462 e. The Labute approximate surface area is 152 Å². The summed E-state index contributed by atoms with van der Waals surface area (Å²) in [5.41, 5.74) is 0.285. The van der Waals surface area contributed by atoms with Crippen molar-refractivity contribution >= 4 is 29.2 Å². The van der Waals surface area contributed by atoms with Gasteiger partial charge < -0.3 is 14.8 Å². The predicted octanol–water partition coefficient (Wildman–Crippen LogP) is 3.02. The quantitative estimate of drug-likeness (QED) is 0.718. The molecule has 0 bridgehead atoms. The first-order valence-electron chi connectivity index (χ1n) is 7.85. The minimum atomic E-state index is -4.58. The Balaban J connectivity index is 3.15. The molecule has 1 rings (SSSR count). The number of thiophene rings is 1. The molecule has 0 aliphatic heterocycles. The predicted molar refractivity (Wildman–Crippen MR) is 88.3 cm³/mol. The Hall–Kier alpha value is -2.10. The number of rotatable bonds is 7. The van der Waals surface area contributed by atoms with Crippen LogP contribution in [0.15, 0.2) is 0 Å². The lowest BCUT2D eigenvalue weighted by molar-refractivity contribution is -0.157. The van der Waals surface area contributed by atoms with E-state index in [1.807, 2.05) is 5.32 Å². The zero-order valence-electron chi connectivity index (χ0n) is 14.8. The van der Waals surface area contributed by atoms with E-state index in [0.29, 0.717) is 0 Å². The third-order valence-electron chi connectivity index (χ3n) is 3.35. The number of hydrogen-bond acceptors (Lipinski definition) is 6. The van der Waals surface area contributed by atoms with Crippen LogP contribution in [-0.4, -0.2) is 43.3 Å². The topological polar surface area (TPSA) is 81.7 Å². The molecule has 0 unspecified atom stereocenters. The van der Waals surface area contributed by atoms with Crippen LogP contribution in [0.2, 0.25) is 0 Å². The first-order chi connectivity index (χ1) is 12.0. The summed E-state index contributed by atoms with van der Waals surface area (Å²) in [6.45, 7) is 5.69. The van der Waals surface area contributed by atoms with Crippen LogP contribution in [0.5, 0.6) is 0 Å². The molecule has 1 N–H and O–H groups in total. The van der Waals surface area contributed by atoms with Crippen LogP contribution < -0.4 is 5.32 Å². The van der Waals surface area contributed by atoms with Crippen LogP contribution in [-0.2, 0) is 20.7 Å².